The summed E-state index contributed by atoms with van der Waals surface area (Å²) in [6.07, 6.45) is 0.195. The minimum absolute atomic E-state index is 0.106. The van der Waals surface area contributed by atoms with Gasteiger partial charge in [-0.1, -0.05) is 71.5 Å². The van der Waals surface area contributed by atoms with Gasteiger partial charge in [-0.15, -0.1) is 11.6 Å². The molecule has 2 heterocycles. The number of esters is 1. The molecular weight excluding hydrogens is 827 g/mol. The molecule has 1 aromatic heterocycles. The smallest absolute Gasteiger partial charge is 0.339 e. The summed E-state index contributed by atoms with van der Waals surface area (Å²) in [7, 11) is 0. The van der Waals surface area contributed by atoms with Gasteiger partial charge in [-0.3, -0.25) is 19.3 Å². The van der Waals surface area contributed by atoms with Crippen molar-refractivity contribution in [3.05, 3.63) is 93.4 Å². The first-order valence-electron chi connectivity index (χ1n) is 14.5. The van der Waals surface area contributed by atoms with Crippen LogP contribution in [0.3, 0.4) is 0 Å². The lowest BCUT2D eigenvalue weighted by molar-refractivity contribution is -0.122. The standard InChI is InChI=1S/C34H25Br3Cl2N2O5/c35-19-5-10-28-22(13-19)25(34(45)46-30(11-12-38)31(42)18-1-6-20(39)7-2-18)16-29(40-28)17-3-8-21(9-4-17)41-32(43)23-14-26(36)27(37)15-24(23)33(41)44/h1-10,13,16,23-24,26-27,30H,11-12,14-15H2. The van der Waals surface area contributed by atoms with Crippen molar-refractivity contribution in [1.29, 1.82) is 0 Å². The number of ether oxygens (including phenoxy) is 1. The molecule has 1 saturated carbocycles. The molecule has 4 aromatic rings. The molecule has 46 heavy (non-hydrogen) atoms. The van der Waals surface area contributed by atoms with E-state index in [2.05, 4.69) is 47.8 Å². The van der Waals surface area contributed by atoms with Gasteiger partial charge in [0, 0.05) is 48.0 Å². The van der Waals surface area contributed by atoms with Gasteiger partial charge in [0.15, 0.2) is 6.10 Å². The zero-order valence-electron chi connectivity index (χ0n) is 24.0. The summed E-state index contributed by atoms with van der Waals surface area (Å²) in [4.78, 5) is 59.9. The third kappa shape index (κ3) is 6.56. The topological polar surface area (TPSA) is 93.6 Å². The van der Waals surface area contributed by atoms with Gasteiger partial charge in [-0.25, -0.2) is 9.78 Å². The maximum absolute atomic E-state index is 13.7. The van der Waals surface area contributed by atoms with Crippen LogP contribution in [-0.2, 0) is 14.3 Å². The average Bonchev–Trinajstić information content (AvgIpc) is 3.28. The van der Waals surface area contributed by atoms with Crippen LogP contribution in [0, 0.1) is 11.8 Å². The Kier molecular flexibility index (Phi) is 10.0. The number of alkyl halides is 3. The van der Waals surface area contributed by atoms with Gasteiger partial charge in [0.1, 0.15) is 0 Å². The van der Waals surface area contributed by atoms with Gasteiger partial charge in [0.05, 0.1) is 34.3 Å². The molecule has 12 heteroatoms. The molecule has 0 N–H and O–H groups in total. The summed E-state index contributed by atoms with van der Waals surface area (Å²) in [6, 6.07) is 20.3. The van der Waals surface area contributed by atoms with Crippen LogP contribution in [-0.4, -0.2) is 50.2 Å². The Hall–Kier alpha value is -2.63. The second-order valence-corrected chi connectivity index (χ2v) is 15.3. The molecule has 1 aliphatic carbocycles. The van der Waals surface area contributed by atoms with Crippen LogP contribution in [0.1, 0.15) is 40.0 Å². The van der Waals surface area contributed by atoms with Crippen LogP contribution in [0.2, 0.25) is 5.02 Å². The van der Waals surface area contributed by atoms with Crippen LogP contribution in [0.5, 0.6) is 0 Å². The zero-order valence-corrected chi connectivity index (χ0v) is 30.2. The quantitative estimate of drug-likeness (QED) is 0.0762. The summed E-state index contributed by atoms with van der Waals surface area (Å²) in [5, 5.41) is 1.02. The summed E-state index contributed by atoms with van der Waals surface area (Å²) in [5.41, 5.74) is 2.73. The van der Waals surface area contributed by atoms with Crippen LogP contribution < -0.4 is 4.90 Å². The highest BCUT2D eigenvalue weighted by molar-refractivity contribution is 9.12. The number of aromatic nitrogens is 1. The van der Waals surface area contributed by atoms with Crippen molar-refractivity contribution in [3.63, 3.8) is 0 Å². The number of Topliss-reactive ketones (excluding diaryl/α,β-unsaturated/α-hetero) is 1. The summed E-state index contributed by atoms with van der Waals surface area (Å²) in [5.74, 6) is -2.06. The second-order valence-electron chi connectivity index (χ2n) is 11.2. The fourth-order valence-electron chi connectivity index (χ4n) is 5.98. The minimum atomic E-state index is -1.11. The first-order valence-corrected chi connectivity index (χ1v) is 18.0. The Morgan fingerprint density at radius 3 is 2.15 bits per heavy atom. The van der Waals surface area contributed by atoms with Gasteiger partial charge in [0.2, 0.25) is 17.6 Å². The van der Waals surface area contributed by atoms with E-state index in [4.69, 9.17) is 32.9 Å². The largest absolute Gasteiger partial charge is 0.450 e. The molecule has 1 aliphatic heterocycles. The number of ketones is 1. The number of fused-ring (bicyclic) bond motifs is 2. The van der Waals surface area contributed by atoms with E-state index in [0.29, 0.717) is 51.3 Å². The maximum Gasteiger partial charge on any atom is 0.339 e. The molecule has 0 radical (unpaired) electrons. The lowest BCUT2D eigenvalue weighted by Gasteiger charge is -2.29. The number of hydrogen-bond acceptors (Lipinski definition) is 6. The monoisotopic (exact) mass is 848 g/mol. The number of carbonyl (C=O) groups is 4. The molecule has 2 amide bonds. The lowest BCUT2D eigenvalue weighted by atomic mass is 9.81. The third-order valence-electron chi connectivity index (χ3n) is 8.37. The first kappa shape index (κ1) is 33.3. The Morgan fingerprint density at radius 2 is 1.54 bits per heavy atom. The summed E-state index contributed by atoms with van der Waals surface area (Å²) >= 11 is 22.7. The van der Waals surface area contributed by atoms with Crippen LogP contribution >= 0.6 is 71.0 Å². The fraction of sp³-hybridized carbons (Fsp3) is 0.265. The van der Waals surface area contributed by atoms with E-state index in [9.17, 15) is 19.2 Å². The number of benzene rings is 3. The van der Waals surface area contributed by atoms with Crippen molar-refractivity contribution in [2.75, 3.05) is 10.8 Å². The highest BCUT2D eigenvalue weighted by Gasteiger charge is 2.52. The molecule has 2 fully saturated rings. The number of pyridine rings is 1. The van der Waals surface area contributed by atoms with Gasteiger partial charge >= 0.3 is 5.97 Å². The van der Waals surface area contributed by atoms with E-state index in [-0.39, 0.29) is 57.0 Å². The molecular formula is C34H25Br3Cl2N2O5. The first-order chi connectivity index (χ1) is 22.0. The summed E-state index contributed by atoms with van der Waals surface area (Å²) < 4.78 is 6.53. The van der Waals surface area contributed by atoms with Crippen LogP contribution in [0.4, 0.5) is 5.69 Å². The van der Waals surface area contributed by atoms with E-state index in [0.717, 1.165) is 4.47 Å². The van der Waals surface area contributed by atoms with Crippen molar-refractivity contribution in [2.24, 2.45) is 11.8 Å². The van der Waals surface area contributed by atoms with E-state index in [1.165, 1.54) is 4.90 Å². The predicted molar refractivity (Wildman–Crippen MR) is 189 cm³/mol. The summed E-state index contributed by atoms with van der Waals surface area (Å²) in [6.45, 7) is 0. The number of halogens is 5. The van der Waals surface area contributed by atoms with Gasteiger partial charge in [-0.05, 0) is 73.5 Å². The Bertz CT molecular complexity index is 1830. The fourth-order valence-corrected chi connectivity index (χ4v) is 7.90. The lowest BCUT2D eigenvalue weighted by Crippen LogP contribution is -2.34. The molecule has 6 rings (SSSR count). The van der Waals surface area contributed by atoms with Crippen molar-refractivity contribution in [3.8, 4) is 11.3 Å². The molecule has 5 unspecified atom stereocenters. The predicted octanol–water partition coefficient (Wildman–Crippen LogP) is 8.78. The van der Waals surface area contributed by atoms with E-state index < -0.39 is 12.1 Å². The van der Waals surface area contributed by atoms with Crippen molar-refractivity contribution >= 4 is 111 Å². The number of carbonyl (C=O) groups excluding carboxylic acids is 4. The number of anilines is 1. The number of amides is 2. The molecule has 1 saturated heterocycles. The SMILES string of the molecule is O=C(OC(CCCl)C(=O)c1ccc(Cl)cc1)c1cc(-c2ccc(N3C(=O)C4CC(Br)C(Br)CC4C3=O)cc2)nc2ccc(Br)cc12. The highest BCUT2D eigenvalue weighted by atomic mass is 79.9. The normalized spacial score (nSPS) is 21.7. The van der Waals surface area contributed by atoms with Crippen LogP contribution in [0.25, 0.3) is 22.2 Å². The molecule has 7 nitrogen and oxygen atoms in total. The van der Waals surface area contributed by atoms with E-state index in [1.54, 1.807) is 66.7 Å². The van der Waals surface area contributed by atoms with E-state index >= 15 is 0 Å². The minimum Gasteiger partial charge on any atom is -0.450 e. The highest BCUT2D eigenvalue weighted by Crippen LogP contribution is 2.44. The Labute approximate surface area is 300 Å². The molecule has 2 aliphatic rings. The number of imide groups is 1. The average molecular weight is 852 g/mol. The molecule has 236 valence electrons. The van der Waals surface area contributed by atoms with Crippen molar-refractivity contribution in [2.45, 2.75) is 35.0 Å². The zero-order chi connectivity index (χ0) is 32.7. The number of rotatable bonds is 8. The Balaban J connectivity index is 1.30. The molecule has 0 bridgehead atoms. The maximum atomic E-state index is 13.7. The van der Waals surface area contributed by atoms with Crippen molar-refractivity contribution < 1.29 is 23.9 Å². The van der Waals surface area contributed by atoms with Crippen LogP contribution in [0.15, 0.2) is 77.3 Å². The molecule has 5 atom stereocenters. The van der Waals surface area contributed by atoms with Crippen molar-refractivity contribution in [1.82, 2.24) is 4.98 Å². The Morgan fingerprint density at radius 1 is 0.913 bits per heavy atom. The van der Waals surface area contributed by atoms with Gasteiger partial charge in [0.25, 0.3) is 0 Å². The van der Waals surface area contributed by atoms with E-state index in [1.807, 2.05) is 6.07 Å². The molecule has 0 spiro atoms. The van der Waals surface area contributed by atoms with Gasteiger partial charge < -0.3 is 4.74 Å². The molecule has 3 aromatic carbocycles. The van der Waals surface area contributed by atoms with Gasteiger partial charge in [-0.2, -0.15) is 0 Å². The number of hydrogen-bond donors (Lipinski definition) is 0. The second kappa shape index (κ2) is 13.8. The number of nitrogens with zero attached hydrogens (tertiary/aromatic N) is 2. The third-order valence-corrected chi connectivity index (χ3v) is 12.1.